The van der Waals surface area contributed by atoms with Gasteiger partial charge in [-0.25, -0.2) is 0 Å². The molecule has 2 saturated carbocycles. The van der Waals surface area contributed by atoms with Gasteiger partial charge < -0.3 is 14.9 Å². The number of alkyl halides is 1. The molecule has 0 bridgehead atoms. The van der Waals surface area contributed by atoms with Gasteiger partial charge in [-0.05, 0) is 48.3 Å². The van der Waals surface area contributed by atoms with Gasteiger partial charge in [0.1, 0.15) is 5.60 Å². The molecule has 0 aromatic carbocycles. The second-order valence-corrected chi connectivity index (χ2v) is 11.4. The predicted molar refractivity (Wildman–Crippen MR) is 117 cm³/mol. The van der Waals surface area contributed by atoms with E-state index in [0.29, 0.717) is 6.42 Å². The molecule has 7 heteroatoms. The molecule has 8 atom stereocenters. The first-order valence-corrected chi connectivity index (χ1v) is 11.5. The smallest absolute Gasteiger partial charge is 0.303 e. The Morgan fingerprint density at radius 3 is 2.61 bits per heavy atom. The van der Waals surface area contributed by atoms with Gasteiger partial charge in [0, 0.05) is 17.8 Å². The Kier molecular flexibility index (Phi) is 5.08. The van der Waals surface area contributed by atoms with Gasteiger partial charge in [0.05, 0.1) is 10.4 Å². The molecule has 2 fully saturated rings. The van der Waals surface area contributed by atoms with E-state index in [0.717, 1.165) is 5.57 Å². The van der Waals surface area contributed by atoms with Gasteiger partial charge in [-0.3, -0.25) is 14.4 Å². The number of hydrogen-bond acceptors (Lipinski definition) is 6. The van der Waals surface area contributed by atoms with Crippen LogP contribution in [0.3, 0.4) is 0 Å². The molecule has 0 aliphatic heterocycles. The number of esters is 1. The van der Waals surface area contributed by atoms with Crippen LogP contribution in [0.25, 0.3) is 0 Å². The van der Waals surface area contributed by atoms with Crippen LogP contribution in [0, 0.1) is 28.6 Å². The molecular weight excluding hydrogens is 464 g/mol. The lowest BCUT2D eigenvalue weighted by atomic mass is 9.47. The summed E-state index contributed by atoms with van der Waals surface area (Å²) in [5.41, 5.74) is -2.40. The third kappa shape index (κ3) is 2.72. The number of aliphatic hydroxyl groups is 2. The van der Waals surface area contributed by atoms with Gasteiger partial charge in [0.2, 0.25) is 5.78 Å². The number of ether oxygens (including phenoxy) is 1. The standard InChI is InChI=1S/C24H29BrO6/c1-13-9-18-17-6-5-15-10-16(27)7-8-21(15,3)23(17,25)19(28)11-22(18,4)24(13,30)20(29)12-31-14(2)26/h5-8,10,13,17-19,28,30H,9,11-12H2,1-4H3/t13-,17+,18+,19+,21+,22+,23+,24+/m1/s1. The SMILES string of the molecule is CC(=O)OCC(=O)[C@@]1(O)[C@H](C)C[C@H]2[C@@H]3C=CC4=CC(=O)C=C[C@]4(C)[C@@]3(Br)[C@@H](O)C[C@@]21C. The molecule has 31 heavy (non-hydrogen) atoms. The first-order chi connectivity index (χ1) is 14.3. The summed E-state index contributed by atoms with van der Waals surface area (Å²) in [4.78, 5) is 36.3. The van der Waals surface area contributed by atoms with E-state index < -0.39 is 45.2 Å². The lowest BCUT2D eigenvalue weighted by Crippen LogP contribution is -2.68. The number of hydrogen-bond donors (Lipinski definition) is 2. The number of rotatable bonds is 3. The van der Waals surface area contributed by atoms with E-state index in [9.17, 15) is 24.6 Å². The van der Waals surface area contributed by atoms with Crippen molar-refractivity contribution in [1.82, 2.24) is 0 Å². The van der Waals surface area contributed by atoms with Gasteiger partial charge >= 0.3 is 5.97 Å². The third-order valence-corrected chi connectivity index (χ3v) is 10.5. The normalized spacial score (nSPS) is 47.8. The van der Waals surface area contributed by atoms with Crippen molar-refractivity contribution in [2.75, 3.05) is 6.61 Å². The Bertz CT molecular complexity index is 952. The summed E-state index contributed by atoms with van der Waals surface area (Å²) in [5, 5.41) is 23.3. The van der Waals surface area contributed by atoms with Crippen molar-refractivity contribution in [2.24, 2.45) is 28.6 Å². The second-order valence-electron chi connectivity index (χ2n) is 10.0. The van der Waals surface area contributed by atoms with Crippen molar-refractivity contribution in [1.29, 1.82) is 0 Å². The first kappa shape index (κ1) is 22.6. The van der Waals surface area contributed by atoms with Crippen molar-refractivity contribution in [3.8, 4) is 0 Å². The van der Waals surface area contributed by atoms with Crippen LogP contribution in [0.15, 0.2) is 36.0 Å². The lowest BCUT2D eigenvalue weighted by molar-refractivity contribution is -0.177. The average Bonchev–Trinajstić information content (AvgIpc) is 2.89. The molecule has 0 unspecified atom stereocenters. The fraction of sp³-hybridized carbons (Fsp3) is 0.625. The average molecular weight is 493 g/mol. The van der Waals surface area contributed by atoms with Crippen LogP contribution >= 0.6 is 15.9 Å². The zero-order valence-electron chi connectivity index (χ0n) is 18.2. The minimum atomic E-state index is -1.72. The Labute approximate surface area is 190 Å². The van der Waals surface area contributed by atoms with Crippen molar-refractivity contribution in [2.45, 2.75) is 56.6 Å². The molecule has 0 radical (unpaired) electrons. The number of fused-ring (bicyclic) bond motifs is 5. The third-order valence-electron chi connectivity index (χ3n) is 8.62. The minimum absolute atomic E-state index is 0.0817. The van der Waals surface area contributed by atoms with E-state index in [1.54, 1.807) is 12.2 Å². The maximum absolute atomic E-state index is 13.1. The summed E-state index contributed by atoms with van der Waals surface area (Å²) < 4.78 is 4.14. The van der Waals surface area contributed by atoms with Crippen LogP contribution in [0.4, 0.5) is 0 Å². The van der Waals surface area contributed by atoms with Crippen LogP contribution in [0.1, 0.15) is 40.5 Å². The Balaban J connectivity index is 1.80. The fourth-order valence-electron chi connectivity index (χ4n) is 6.88. The largest absolute Gasteiger partial charge is 0.458 e. The molecule has 4 rings (SSSR count). The van der Waals surface area contributed by atoms with Crippen molar-refractivity contribution >= 4 is 33.5 Å². The summed E-state index contributed by atoms with van der Waals surface area (Å²) in [6, 6.07) is 0. The van der Waals surface area contributed by atoms with Crippen molar-refractivity contribution in [3.05, 3.63) is 36.0 Å². The van der Waals surface area contributed by atoms with E-state index in [4.69, 9.17) is 4.74 Å². The highest BCUT2D eigenvalue weighted by Gasteiger charge is 2.73. The number of carbonyl (C=O) groups excluding carboxylic acids is 3. The molecule has 4 aliphatic rings. The summed E-state index contributed by atoms with van der Waals surface area (Å²) >= 11 is 3.92. The molecule has 168 valence electrons. The fourth-order valence-corrected chi connectivity index (χ4v) is 7.88. The van der Waals surface area contributed by atoms with E-state index in [2.05, 4.69) is 15.9 Å². The molecule has 0 spiro atoms. The van der Waals surface area contributed by atoms with Crippen LogP contribution in [0.5, 0.6) is 0 Å². The number of ketones is 2. The van der Waals surface area contributed by atoms with E-state index >= 15 is 0 Å². The van der Waals surface area contributed by atoms with Crippen LogP contribution in [0.2, 0.25) is 0 Å². The van der Waals surface area contributed by atoms with Crippen LogP contribution in [-0.4, -0.2) is 50.4 Å². The molecule has 0 aromatic rings. The molecular formula is C24H29BrO6. The second kappa shape index (κ2) is 6.96. The molecule has 4 aliphatic carbocycles. The van der Waals surface area contributed by atoms with Gasteiger partial charge in [0.25, 0.3) is 0 Å². The molecule has 6 nitrogen and oxygen atoms in total. The summed E-state index contributed by atoms with van der Waals surface area (Å²) in [6.07, 6.45) is 8.84. The molecule has 0 aromatic heterocycles. The highest BCUT2D eigenvalue weighted by atomic mass is 79.9. The van der Waals surface area contributed by atoms with Gasteiger partial charge in [-0.2, -0.15) is 0 Å². The lowest BCUT2D eigenvalue weighted by Gasteiger charge is -2.62. The zero-order chi connectivity index (χ0) is 23.0. The Hall–Kier alpha value is -1.57. The molecule has 0 saturated heterocycles. The monoisotopic (exact) mass is 492 g/mol. The number of allylic oxidation sites excluding steroid dienone is 6. The highest BCUT2D eigenvalue weighted by Crippen LogP contribution is 2.70. The minimum Gasteiger partial charge on any atom is -0.458 e. The van der Waals surface area contributed by atoms with Crippen LogP contribution in [-0.2, 0) is 19.1 Å². The Morgan fingerprint density at radius 1 is 1.29 bits per heavy atom. The maximum Gasteiger partial charge on any atom is 0.303 e. The van der Waals surface area contributed by atoms with E-state index in [1.165, 1.54) is 6.92 Å². The molecule has 2 N–H and O–H groups in total. The summed E-state index contributed by atoms with van der Waals surface area (Å²) in [5.74, 6) is -1.83. The summed E-state index contributed by atoms with van der Waals surface area (Å²) in [6.45, 7) is 6.46. The van der Waals surface area contributed by atoms with Crippen molar-refractivity contribution < 1.29 is 29.3 Å². The maximum atomic E-state index is 13.1. The zero-order valence-corrected chi connectivity index (χ0v) is 19.8. The van der Waals surface area contributed by atoms with E-state index in [1.807, 2.05) is 39.0 Å². The van der Waals surface area contributed by atoms with Gasteiger partial charge in [-0.1, -0.05) is 54.9 Å². The predicted octanol–water partition coefficient (Wildman–Crippen LogP) is 2.67. The number of halogens is 1. The van der Waals surface area contributed by atoms with Gasteiger partial charge in [0.15, 0.2) is 12.4 Å². The molecule has 0 amide bonds. The highest BCUT2D eigenvalue weighted by molar-refractivity contribution is 9.10. The number of carbonyl (C=O) groups is 3. The van der Waals surface area contributed by atoms with Gasteiger partial charge in [-0.15, -0.1) is 0 Å². The number of Topliss-reactive ketones (excluding diaryl/α,β-unsaturated/α-hetero) is 1. The van der Waals surface area contributed by atoms with Crippen molar-refractivity contribution in [3.63, 3.8) is 0 Å². The quantitative estimate of drug-likeness (QED) is 0.463. The van der Waals surface area contributed by atoms with Crippen LogP contribution < -0.4 is 0 Å². The summed E-state index contributed by atoms with van der Waals surface area (Å²) in [7, 11) is 0. The topological polar surface area (TPSA) is 101 Å². The number of aliphatic hydroxyl groups excluding tert-OH is 1. The Morgan fingerprint density at radius 2 is 1.97 bits per heavy atom. The molecule has 0 heterocycles. The first-order valence-electron chi connectivity index (χ1n) is 10.7. The van der Waals surface area contributed by atoms with E-state index in [-0.39, 0.29) is 30.0 Å².